The second kappa shape index (κ2) is 4.80. The Morgan fingerprint density at radius 2 is 1.43 bits per heavy atom. The molecule has 0 aromatic carbocycles. The third-order valence-corrected chi connectivity index (χ3v) is 2.87. The zero-order valence-corrected chi connectivity index (χ0v) is 10.7. The maximum Gasteiger partial charge on any atom is 0.469 e. The SMILES string of the molecule is CCc1n(C)cc[n+]1C(F)(F)C(F)(F)C(F)(F)C(F)(F)F. The Kier molecular flexibility index (Phi) is 4.03. The topological polar surface area (TPSA) is 8.81 Å². The minimum Gasteiger partial charge on any atom is -0.237 e. The molecule has 0 saturated heterocycles. The maximum atomic E-state index is 13.6. The van der Waals surface area contributed by atoms with Gasteiger partial charge in [0.15, 0.2) is 0 Å². The van der Waals surface area contributed by atoms with E-state index >= 15 is 0 Å². The van der Waals surface area contributed by atoms with Gasteiger partial charge in [-0.3, -0.25) is 0 Å². The molecule has 1 heterocycles. The molecule has 0 aliphatic rings. The summed E-state index contributed by atoms with van der Waals surface area (Å²) >= 11 is 0. The number of rotatable bonds is 4. The standard InChI is InChI=1S/C10H10F9N2/c1-3-6-20(2)4-5-21(6)10(18,19)8(13,14)7(11,12)9(15,16)17/h4-5H,3H2,1-2H3/q+1. The van der Waals surface area contributed by atoms with E-state index in [0.29, 0.717) is 6.20 Å². The van der Waals surface area contributed by atoms with Crippen LogP contribution >= 0.6 is 0 Å². The van der Waals surface area contributed by atoms with Crippen LogP contribution in [0.3, 0.4) is 0 Å². The Labute approximate surface area is 112 Å². The second-order valence-corrected chi connectivity index (χ2v) is 4.24. The normalized spacial score (nSPS) is 14.6. The van der Waals surface area contributed by atoms with Gasteiger partial charge in [0, 0.05) is 6.42 Å². The van der Waals surface area contributed by atoms with Crippen LogP contribution in [0.15, 0.2) is 12.4 Å². The Bertz CT molecular complexity index is 515. The molecular formula is C10H10F9N2+. The average Bonchev–Trinajstić information content (AvgIpc) is 2.68. The van der Waals surface area contributed by atoms with Crippen molar-refractivity contribution in [1.82, 2.24) is 4.57 Å². The fourth-order valence-corrected chi connectivity index (χ4v) is 1.70. The highest BCUT2D eigenvalue weighted by Crippen LogP contribution is 2.53. The highest BCUT2D eigenvalue weighted by molar-refractivity contribution is 4.95. The van der Waals surface area contributed by atoms with Gasteiger partial charge in [0.1, 0.15) is 12.4 Å². The minimum absolute atomic E-state index is 0.285. The predicted molar refractivity (Wildman–Crippen MR) is 51.1 cm³/mol. The second-order valence-electron chi connectivity index (χ2n) is 4.24. The molecule has 21 heavy (non-hydrogen) atoms. The van der Waals surface area contributed by atoms with Crippen molar-refractivity contribution in [2.45, 2.75) is 37.4 Å². The molecule has 1 rings (SSSR count). The van der Waals surface area contributed by atoms with Crippen LogP contribution in [0.25, 0.3) is 0 Å². The van der Waals surface area contributed by atoms with Crippen LogP contribution in [0, 0.1) is 0 Å². The summed E-state index contributed by atoms with van der Waals surface area (Å²) in [6.45, 7) is 1.25. The van der Waals surface area contributed by atoms with Gasteiger partial charge in [-0.1, -0.05) is 6.92 Å². The predicted octanol–water partition coefficient (Wildman–Crippen LogP) is 3.26. The molecule has 0 atom stereocenters. The van der Waals surface area contributed by atoms with Crippen molar-refractivity contribution in [3.8, 4) is 0 Å². The van der Waals surface area contributed by atoms with Crippen LogP contribution < -0.4 is 4.57 Å². The van der Waals surface area contributed by atoms with E-state index in [2.05, 4.69) is 0 Å². The van der Waals surface area contributed by atoms with E-state index in [4.69, 9.17) is 0 Å². The van der Waals surface area contributed by atoms with Crippen molar-refractivity contribution in [2.75, 3.05) is 0 Å². The van der Waals surface area contributed by atoms with Gasteiger partial charge in [0.25, 0.3) is 5.82 Å². The first kappa shape index (κ1) is 17.6. The van der Waals surface area contributed by atoms with E-state index in [1.54, 1.807) is 0 Å². The van der Waals surface area contributed by atoms with Crippen LogP contribution in [0.5, 0.6) is 0 Å². The molecule has 122 valence electrons. The third kappa shape index (κ3) is 2.35. The number of imidazole rings is 1. The van der Waals surface area contributed by atoms with Gasteiger partial charge in [-0.25, -0.2) is 4.57 Å². The highest BCUT2D eigenvalue weighted by atomic mass is 19.4. The lowest BCUT2D eigenvalue weighted by Crippen LogP contribution is -2.70. The molecule has 1 aromatic heterocycles. The number of aryl methyl sites for hydroxylation is 1. The lowest BCUT2D eigenvalue weighted by Gasteiger charge is -2.31. The van der Waals surface area contributed by atoms with Crippen molar-refractivity contribution < 1.29 is 44.1 Å². The minimum atomic E-state index is -6.89. The molecule has 0 amide bonds. The Morgan fingerprint density at radius 1 is 0.952 bits per heavy atom. The van der Waals surface area contributed by atoms with Gasteiger partial charge in [0.05, 0.1) is 7.05 Å². The Morgan fingerprint density at radius 3 is 1.81 bits per heavy atom. The fraction of sp³-hybridized carbons (Fsp3) is 0.700. The van der Waals surface area contributed by atoms with Crippen LogP contribution in [-0.2, 0) is 19.5 Å². The van der Waals surface area contributed by atoms with Crippen LogP contribution in [0.4, 0.5) is 39.5 Å². The Hall–Kier alpha value is -1.42. The van der Waals surface area contributed by atoms with E-state index in [-0.39, 0.29) is 6.42 Å². The van der Waals surface area contributed by atoms with Crippen LogP contribution in [0.2, 0.25) is 0 Å². The third-order valence-electron chi connectivity index (χ3n) is 2.87. The average molecular weight is 329 g/mol. The van der Waals surface area contributed by atoms with Crippen molar-refractivity contribution >= 4 is 0 Å². The summed E-state index contributed by atoms with van der Waals surface area (Å²) in [5, 5.41) is 0. The van der Waals surface area contributed by atoms with Crippen LogP contribution in [-0.4, -0.2) is 22.6 Å². The van der Waals surface area contributed by atoms with Gasteiger partial charge in [-0.15, -0.1) is 0 Å². The number of nitrogens with zero attached hydrogens (tertiary/aromatic N) is 2. The largest absolute Gasteiger partial charge is 0.469 e. The smallest absolute Gasteiger partial charge is 0.237 e. The number of halogens is 9. The van der Waals surface area contributed by atoms with E-state index in [0.717, 1.165) is 17.8 Å². The monoisotopic (exact) mass is 329 g/mol. The molecule has 0 spiro atoms. The van der Waals surface area contributed by atoms with E-state index < -0.39 is 34.5 Å². The molecule has 1 aromatic rings. The molecule has 0 fully saturated rings. The van der Waals surface area contributed by atoms with Crippen LogP contribution in [0.1, 0.15) is 12.7 Å². The highest BCUT2D eigenvalue weighted by Gasteiger charge is 2.84. The molecule has 0 saturated carbocycles. The molecule has 0 unspecified atom stereocenters. The van der Waals surface area contributed by atoms with Gasteiger partial charge in [-0.05, 0) is 0 Å². The summed E-state index contributed by atoms with van der Waals surface area (Å²) in [7, 11) is 1.16. The number of alkyl halides is 9. The quantitative estimate of drug-likeness (QED) is 0.592. The maximum absolute atomic E-state index is 13.6. The molecular weight excluding hydrogens is 319 g/mol. The molecule has 0 aliphatic heterocycles. The van der Waals surface area contributed by atoms with Crippen molar-refractivity contribution in [1.29, 1.82) is 0 Å². The number of hydrogen-bond acceptors (Lipinski definition) is 0. The van der Waals surface area contributed by atoms with E-state index in [9.17, 15) is 39.5 Å². The first-order valence-electron chi connectivity index (χ1n) is 5.48. The zero-order valence-electron chi connectivity index (χ0n) is 10.7. The van der Waals surface area contributed by atoms with E-state index in [1.807, 2.05) is 0 Å². The Balaban J connectivity index is 3.47. The summed E-state index contributed by atoms with van der Waals surface area (Å²) in [5.74, 6) is -14.1. The van der Waals surface area contributed by atoms with Gasteiger partial charge in [-0.2, -0.15) is 44.1 Å². The van der Waals surface area contributed by atoms with Gasteiger partial charge < -0.3 is 0 Å². The first-order valence-corrected chi connectivity index (χ1v) is 5.48. The number of hydrogen-bond donors (Lipinski definition) is 0. The first-order chi connectivity index (χ1) is 9.21. The van der Waals surface area contributed by atoms with Gasteiger partial charge in [0.2, 0.25) is 0 Å². The molecule has 0 radical (unpaired) electrons. The summed E-state index contributed by atoms with van der Waals surface area (Å²) < 4.78 is 116. The lowest BCUT2D eigenvalue weighted by molar-refractivity contribution is -0.854. The summed E-state index contributed by atoms with van der Waals surface area (Å²) in [5.41, 5.74) is 0. The zero-order chi connectivity index (χ0) is 16.9. The van der Waals surface area contributed by atoms with Crippen molar-refractivity contribution in [3.63, 3.8) is 0 Å². The molecule has 0 N–H and O–H groups in total. The van der Waals surface area contributed by atoms with Crippen molar-refractivity contribution in [3.05, 3.63) is 18.2 Å². The summed E-state index contributed by atoms with van der Waals surface area (Å²) in [6.07, 6.45) is -5.94. The van der Waals surface area contributed by atoms with E-state index in [1.165, 1.54) is 6.92 Å². The fourth-order valence-electron chi connectivity index (χ4n) is 1.70. The molecule has 0 aliphatic carbocycles. The number of aromatic nitrogens is 2. The molecule has 11 heteroatoms. The molecule has 0 bridgehead atoms. The van der Waals surface area contributed by atoms with Crippen molar-refractivity contribution in [2.24, 2.45) is 7.05 Å². The molecule has 2 nitrogen and oxygen atoms in total. The van der Waals surface area contributed by atoms with Gasteiger partial charge >= 0.3 is 24.1 Å². The summed E-state index contributed by atoms with van der Waals surface area (Å²) in [4.78, 5) is 0. The summed E-state index contributed by atoms with van der Waals surface area (Å²) in [6, 6.07) is -5.77. The lowest BCUT2D eigenvalue weighted by atomic mass is 10.1.